The van der Waals surface area contributed by atoms with E-state index < -0.39 is 0 Å². The van der Waals surface area contributed by atoms with E-state index in [-0.39, 0.29) is 5.54 Å². The minimum absolute atomic E-state index is 0.151. The first kappa shape index (κ1) is 17.0. The van der Waals surface area contributed by atoms with Crippen molar-refractivity contribution in [3.05, 3.63) is 28.2 Å². The quantitative estimate of drug-likeness (QED) is 0.785. The molecule has 0 aliphatic rings. The molecule has 0 saturated carbocycles. The predicted octanol–water partition coefficient (Wildman–Crippen LogP) is 3.99. The minimum Gasteiger partial charge on any atom is -0.309 e. The molecule has 108 valence electrons. The topological polar surface area (TPSA) is 15.3 Å². The van der Waals surface area contributed by atoms with Gasteiger partial charge in [0.05, 0.1) is 0 Å². The molecule has 0 amide bonds. The highest BCUT2D eigenvalue weighted by Crippen LogP contribution is 2.25. The van der Waals surface area contributed by atoms with Gasteiger partial charge in [-0.3, -0.25) is 0 Å². The zero-order valence-electron chi connectivity index (χ0n) is 12.6. The van der Waals surface area contributed by atoms with Crippen LogP contribution >= 0.6 is 27.7 Å². The SMILES string of the molecule is CN(C)CCSc1ccc(CNC(C)(C)C)c(Br)c1. The minimum atomic E-state index is 0.151. The average molecular weight is 345 g/mol. The zero-order chi connectivity index (χ0) is 14.5. The van der Waals surface area contributed by atoms with E-state index in [0.717, 1.165) is 18.8 Å². The van der Waals surface area contributed by atoms with Crippen LogP contribution in [0.5, 0.6) is 0 Å². The second-order valence-corrected chi connectivity index (χ2v) is 8.03. The molecule has 0 aliphatic heterocycles. The van der Waals surface area contributed by atoms with Crippen molar-refractivity contribution >= 4 is 27.7 Å². The van der Waals surface area contributed by atoms with Crippen LogP contribution in [0, 0.1) is 0 Å². The van der Waals surface area contributed by atoms with Crippen LogP contribution in [0.3, 0.4) is 0 Å². The molecule has 0 spiro atoms. The molecule has 1 N–H and O–H groups in total. The highest BCUT2D eigenvalue weighted by atomic mass is 79.9. The van der Waals surface area contributed by atoms with Gasteiger partial charge in [-0.15, -0.1) is 11.8 Å². The van der Waals surface area contributed by atoms with E-state index in [2.05, 4.69) is 79.2 Å². The summed E-state index contributed by atoms with van der Waals surface area (Å²) in [6.07, 6.45) is 0. The van der Waals surface area contributed by atoms with E-state index in [1.54, 1.807) is 0 Å². The molecule has 2 nitrogen and oxygen atoms in total. The average Bonchev–Trinajstić information content (AvgIpc) is 2.26. The van der Waals surface area contributed by atoms with Crippen molar-refractivity contribution < 1.29 is 0 Å². The third-order valence-electron chi connectivity index (χ3n) is 2.64. The van der Waals surface area contributed by atoms with E-state index in [0.29, 0.717) is 0 Å². The van der Waals surface area contributed by atoms with Gasteiger partial charge < -0.3 is 10.2 Å². The van der Waals surface area contributed by atoms with Crippen molar-refractivity contribution in [2.24, 2.45) is 0 Å². The molecule has 0 fully saturated rings. The Balaban J connectivity index is 2.54. The summed E-state index contributed by atoms with van der Waals surface area (Å²) in [6.45, 7) is 8.56. The second kappa shape index (κ2) is 7.67. The van der Waals surface area contributed by atoms with Crippen LogP contribution in [0.15, 0.2) is 27.6 Å². The first-order chi connectivity index (χ1) is 8.78. The molecule has 0 aliphatic carbocycles. The lowest BCUT2D eigenvalue weighted by Gasteiger charge is -2.21. The van der Waals surface area contributed by atoms with Gasteiger partial charge in [0.1, 0.15) is 0 Å². The molecular formula is C15H25BrN2S. The number of nitrogens with one attached hydrogen (secondary N) is 1. The highest BCUT2D eigenvalue weighted by molar-refractivity contribution is 9.10. The summed E-state index contributed by atoms with van der Waals surface area (Å²) >= 11 is 5.58. The smallest absolute Gasteiger partial charge is 0.0231 e. The van der Waals surface area contributed by atoms with Gasteiger partial charge in [0.25, 0.3) is 0 Å². The Morgan fingerprint density at radius 3 is 2.47 bits per heavy atom. The maximum atomic E-state index is 3.67. The van der Waals surface area contributed by atoms with Gasteiger partial charge in [-0.05, 0) is 52.6 Å². The molecular weight excluding hydrogens is 320 g/mol. The standard InChI is InChI=1S/C15H25BrN2S/c1-15(2,3)17-11-12-6-7-13(10-14(12)16)19-9-8-18(4)5/h6-7,10,17H,8-9,11H2,1-5H3. The van der Waals surface area contributed by atoms with E-state index in [1.807, 2.05) is 11.8 Å². The van der Waals surface area contributed by atoms with Crippen LogP contribution in [-0.4, -0.2) is 36.8 Å². The number of hydrogen-bond donors (Lipinski definition) is 1. The third-order valence-corrected chi connectivity index (χ3v) is 4.35. The summed E-state index contributed by atoms with van der Waals surface area (Å²) in [5.74, 6) is 1.12. The number of nitrogens with zero attached hydrogens (tertiary/aromatic N) is 1. The maximum absolute atomic E-state index is 3.67. The van der Waals surface area contributed by atoms with Gasteiger partial charge in [-0.2, -0.15) is 0 Å². The van der Waals surface area contributed by atoms with E-state index in [9.17, 15) is 0 Å². The predicted molar refractivity (Wildman–Crippen MR) is 90.0 cm³/mol. The Hall–Kier alpha value is -0.0300. The van der Waals surface area contributed by atoms with Gasteiger partial charge in [0.15, 0.2) is 0 Å². The Bertz CT molecular complexity index is 400. The molecule has 1 rings (SSSR count). The fourth-order valence-corrected chi connectivity index (χ4v) is 3.20. The fourth-order valence-electron chi connectivity index (χ4n) is 1.47. The molecule has 0 aromatic heterocycles. The molecule has 0 bridgehead atoms. The molecule has 1 aromatic rings. The van der Waals surface area contributed by atoms with Crippen molar-refractivity contribution in [2.75, 3.05) is 26.4 Å². The van der Waals surface area contributed by atoms with Crippen molar-refractivity contribution in [1.29, 1.82) is 0 Å². The fraction of sp³-hybridized carbons (Fsp3) is 0.600. The zero-order valence-corrected chi connectivity index (χ0v) is 15.0. The van der Waals surface area contributed by atoms with Crippen LogP contribution in [0.25, 0.3) is 0 Å². The van der Waals surface area contributed by atoms with E-state index in [4.69, 9.17) is 0 Å². The van der Waals surface area contributed by atoms with Crippen molar-refractivity contribution in [3.8, 4) is 0 Å². The Labute approximate surface area is 130 Å². The summed E-state index contributed by atoms with van der Waals surface area (Å²) in [7, 11) is 4.22. The number of hydrogen-bond acceptors (Lipinski definition) is 3. The maximum Gasteiger partial charge on any atom is 0.0231 e. The molecule has 0 saturated heterocycles. The van der Waals surface area contributed by atoms with Crippen LogP contribution in [0.2, 0.25) is 0 Å². The van der Waals surface area contributed by atoms with Crippen LogP contribution in [0.1, 0.15) is 26.3 Å². The van der Waals surface area contributed by atoms with E-state index in [1.165, 1.54) is 14.9 Å². The summed E-state index contributed by atoms with van der Waals surface area (Å²) in [5.41, 5.74) is 1.46. The molecule has 1 aromatic carbocycles. The monoisotopic (exact) mass is 344 g/mol. The Kier molecular flexibility index (Phi) is 6.87. The van der Waals surface area contributed by atoms with Gasteiger partial charge in [-0.1, -0.05) is 22.0 Å². The number of benzene rings is 1. The van der Waals surface area contributed by atoms with Gasteiger partial charge >= 0.3 is 0 Å². The summed E-state index contributed by atoms with van der Waals surface area (Å²) < 4.78 is 1.19. The van der Waals surface area contributed by atoms with Gasteiger partial charge in [0, 0.05) is 33.7 Å². The van der Waals surface area contributed by atoms with Crippen molar-refractivity contribution in [3.63, 3.8) is 0 Å². The van der Waals surface area contributed by atoms with Crippen LogP contribution in [0.4, 0.5) is 0 Å². The summed E-state index contributed by atoms with van der Waals surface area (Å²) in [5, 5.41) is 3.51. The van der Waals surface area contributed by atoms with Crippen molar-refractivity contribution in [2.45, 2.75) is 37.8 Å². The second-order valence-electron chi connectivity index (χ2n) is 6.01. The highest BCUT2D eigenvalue weighted by Gasteiger charge is 2.10. The summed E-state index contributed by atoms with van der Waals surface area (Å²) in [6, 6.07) is 6.64. The number of halogens is 1. The Morgan fingerprint density at radius 2 is 1.95 bits per heavy atom. The molecule has 0 heterocycles. The summed E-state index contributed by atoms with van der Waals surface area (Å²) in [4.78, 5) is 3.54. The third kappa shape index (κ3) is 7.35. The molecule has 19 heavy (non-hydrogen) atoms. The lowest BCUT2D eigenvalue weighted by Crippen LogP contribution is -2.35. The lowest BCUT2D eigenvalue weighted by atomic mass is 10.1. The first-order valence-electron chi connectivity index (χ1n) is 6.59. The van der Waals surface area contributed by atoms with Crippen LogP contribution < -0.4 is 5.32 Å². The lowest BCUT2D eigenvalue weighted by molar-refractivity contribution is 0.424. The largest absolute Gasteiger partial charge is 0.309 e. The number of rotatable bonds is 6. The van der Waals surface area contributed by atoms with Gasteiger partial charge in [-0.25, -0.2) is 0 Å². The van der Waals surface area contributed by atoms with Crippen molar-refractivity contribution in [1.82, 2.24) is 10.2 Å². The van der Waals surface area contributed by atoms with E-state index >= 15 is 0 Å². The Morgan fingerprint density at radius 1 is 1.26 bits per heavy atom. The number of thioether (sulfide) groups is 1. The van der Waals surface area contributed by atoms with Gasteiger partial charge in [0.2, 0.25) is 0 Å². The molecule has 0 radical (unpaired) electrons. The molecule has 0 unspecified atom stereocenters. The van der Waals surface area contributed by atoms with Crippen LogP contribution in [-0.2, 0) is 6.54 Å². The normalized spacial score (nSPS) is 12.2. The molecule has 0 atom stereocenters. The first-order valence-corrected chi connectivity index (χ1v) is 8.37. The molecule has 4 heteroatoms.